The molecule has 0 aliphatic rings. The van der Waals surface area contributed by atoms with Crippen LogP contribution in [0.4, 0.5) is 0 Å². The number of carbonyl (C=O) groups excluding carboxylic acids is 1. The lowest BCUT2D eigenvalue weighted by molar-refractivity contribution is 0.0944. The van der Waals surface area contributed by atoms with Crippen molar-refractivity contribution in [3.63, 3.8) is 0 Å². The predicted molar refractivity (Wildman–Crippen MR) is 121 cm³/mol. The van der Waals surface area contributed by atoms with Crippen molar-refractivity contribution >= 4 is 5.91 Å². The average Bonchev–Trinajstić information content (AvgIpc) is 2.76. The van der Waals surface area contributed by atoms with Crippen molar-refractivity contribution in [3.8, 4) is 5.69 Å². The summed E-state index contributed by atoms with van der Waals surface area (Å²) in [6.45, 7) is 8.47. The van der Waals surface area contributed by atoms with Gasteiger partial charge in [0.1, 0.15) is 0 Å². The van der Waals surface area contributed by atoms with Crippen molar-refractivity contribution in [1.29, 1.82) is 0 Å². The maximum absolute atomic E-state index is 13.2. The summed E-state index contributed by atoms with van der Waals surface area (Å²) >= 11 is 0. The Morgan fingerprint density at radius 3 is 2.35 bits per heavy atom. The van der Waals surface area contributed by atoms with Gasteiger partial charge in [-0.2, -0.15) is 9.78 Å². The second-order valence-corrected chi connectivity index (χ2v) is 7.86. The van der Waals surface area contributed by atoms with Crippen LogP contribution < -0.4 is 16.6 Å². The van der Waals surface area contributed by atoms with Gasteiger partial charge in [-0.05, 0) is 48.1 Å². The Hall–Kier alpha value is -3.48. The van der Waals surface area contributed by atoms with Gasteiger partial charge in [-0.1, -0.05) is 57.2 Å². The third-order valence-corrected chi connectivity index (χ3v) is 5.20. The molecule has 31 heavy (non-hydrogen) atoms. The molecule has 0 saturated carbocycles. The van der Waals surface area contributed by atoms with E-state index in [-0.39, 0.29) is 12.2 Å². The van der Waals surface area contributed by atoms with Gasteiger partial charge in [0.2, 0.25) is 5.69 Å². The van der Waals surface area contributed by atoms with Crippen LogP contribution in [0.15, 0.2) is 58.1 Å². The molecule has 1 heterocycles. The zero-order chi connectivity index (χ0) is 22.5. The number of amides is 1. The zero-order valence-electron chi connectivity index (χ0n) is 18.4. The van der Waals surface area contributed by atoms with E-state index in [1.807, 2.05) is 50.2 Å². The molecule has 0 bridgehead atoms. The summed E-state index contributed by atoms with van der Waals surface area (Å²) < 4.78 is 2.21. The van der Waals surface area contributed by atoms with E-state index in [1.165, 1.54) is 0 Å². The number of hydrogen-bond acceptors (Lipinski definition) is 4. The van der Waals surface area contributed by atoms with Crippen LogP contribution in [-0.2, 0) is 6.54 Å². The highest BCUT2D eigenvalue weighted by molar-refractivity contribution is 5.91. The molecular formula is C24H28N4O3. The molecule has 3 aromatic rings. The monoisotopic (exact) mass is 420 g/mol. The normalized spacial score (nSPS) is 11.0. The topological polar surface area (TPSA) is 86.0 Å². The summed E-state index contributed by atoms with van der Waals surface area (Å²) in [6, 6.07) is 14.9. The molecule has 0 unspecified atom stereocenters. The molecule has 0 fully saturated rings. The van der Waals surface area contributed by atoms with E-state index in [0.717, 1.165) is 32.4 Å². The van der Waals surface area contributed by atoms with Crippen molar-refractivity contribution in [1.82, 2.24) is 19.7 Å². The quantitative estimate of drug-likeness (QED) is 0.637. The molecule has 3 rings (SSSR count). The number of rotatable bonds is 7. The summed E-state index contributed by atoms with van der Waals surface area (Å²) in [4.78, 5) is 38.9. The van der Waals surface area contributed by atoms with E-state index in [0.29, 0.717) is 18.2 Å². The fourth-order valence-electron chi connectivity index (χ4n) is 3.25. The minimum atomic E-state index is -0.697. The van der Waals surface area contributed by atoms with Gasteiger partial charge >= 0.3 is 5.69 Å². The molecule has 1 aromatic heterocycles. The lowest BCUT2D eigenvalue weighted by Gasteiger charge is -2.14. The minimum Gasteiger partial charge on any atom is -0.350 e. The number of hydrogen-bond donors (Lipinski definition) is 1. The number of benzene rings is 2. The Morgan fingerprint density at radius 2 is 1.74 bits per heavy atom. The molecule has 0 aliphatic carbocycles. The van der Waals surface area contributed by atoms with Crippen molar-refractivity contribution in [2.45, 2.75) is 46.6 Å². The Kier molecular flexibility index (Phi) is 6.84. The first-order chi connectivity index (χ1) is 14.8. The van der Waals surface area contributed by atoms with Crippen LogP contribution in [0, 0.1) is 6.92 Å². The summed E-state index contributed by atoms with van der Waals surface area (Å²) in [5.74, 6) is -0.248. The van der Waals surface area contributed by atoms with Gasteiger partial charge in [-0.25, -0.2) is 4.79 Å². The molecule has 1 N–H and O–H groups in total. The van der Waals surface area contributed by atoms with Gasteiger partial charge in [0.25, 0.3) is 11.5 Å². The highest BCUT2D eigenvalue weighted by Crippen LogP contribution is 2.16. The van der Waals surface area contributed by atoms with Gasteiger partial charge in [-0.15, -0.1) is 0 Å². The van der Waals surface area contributed by atoms with Crippen LogP contribution in [-0.4, -0.2) is 26.8 Å². The third kappa shape index (κ3) is 4.82. The zero-order valence-corrected chi connectivity index (χ0v) is 18.4. The van der Waals surface area contributed by atoms with Crippen LogP contribution in [0.1, 0.15) is 60.3 Å². The Bertz CT molecular complexity index is 1190. The number of nitrogens with zero attached hydrogens (tertiary/aromatic N) is 3. The largest absolute Gasteiger partial charge is 0.352 e. The molecule has 7 nitrogen and oxygen atoms in total. The van der Waals surface area contributed by atoms with Crippen molar-refractivity contribution in [2.24, 2.45) is 0 Å². The SMILES string of the molecule is CCCNC(=O)c1nn(-c2ccc(C(C)C)cc2)c(=O)n(Cc2ccccc2C)c1=O. The molecular weight excluding hydrogens is 392 g/mol. The summed E-state index contributed by atoms with van der Waals surface area (Å²) in [7, 11) is 0. The predicted octanol–water partition coefficient (Wildman–Crippen LogP) is 3.01. The van der Waals surface area contributed by atoms with Crippen molar-refractivity contribution < 1.29 is 4.79 Å². The maximum Gasteiger partial charge on any atom is 0.352 e. The molecule has 7 heteroatoms. The van der Waals surface area contributed by atoms with E-state index >= 15 is 0 Å². The number of nitrogens with one attached hydrogen (secondary N) is 1. The molecule has 0 saturated heterocycles. The first-order valence-electron chi connectivity index (χ1n) is 10.5. The van der Waals surface area contributed by atoms with E-state index in [2.05, 4.69) is 24.3 Å². The molecule has 162 valence electrons. The van der Waals surface area contributed by atoms with E-state index in [4.69, 9.17) is 0 Å². The first kappa shape index (κ1) is 22.2. The second kappa shape index (κ2) is 9.55. The molecule has 2 aromatic carbocycles. The summed E-state index contributed by atoms with van der Waals surface area (Å²) in [6.07, 6.45) is 0.722. The Balaban J connectivity index is 2.18. The number of aryl methyl sites for hydroxylation is 1. The standard InChI is InChI=1S/C24H28N4O3/c1-5-14-25-22(29)21-23(30)27(15-19-9-7-6-8-17(19)4)24(31)28(26-21)20-12-10-18(11-13-20)16(2)3/h6-13,16H,5,14-15H2,1-4H3,(H,25,29). The van der Waals surface area contributed by atoms with E-state index in [1.54, 1.807) is 12.1 Å². The van der Waals surface area contributed by atoms with Crippen LogP contribution >= 0.6 is 0 Å². The highest BCUT2D eigenvalue weighted by Gasteiger charge is 2.20. The Labute approximate surface area is 181 Å². The van der Waals surface area contributed by atoms with Gasteiger partial charge < -0.3 is 5.32 Å². The fourth-order valence-corrected chi connectivity index (χ4v) is 3.25. The summed E-state index contributed by atoms with van der Waals surface area (Å²) in [5.41, 5.74) is 1.82. The molecule has 0 radical (unpaired) electrons. The first-order valence-corrected chi connectivity index (χ1v) is 10.5. The molecule has 0 aliphatic heterocycles. The fraction of sp³-hybridized carbons (Fsp3) is 0.333. The Morgan fingerprint density at radius 1 is 1.06 bits per heavy atom. The third-order valence-electron chi connectivity index (χ3n) is 5.20. The van der Waals surface area contributed by atoms with Crippen LogP contribution in [0.5, 0.6) is 0 Å². The summed E-state index contributed by atoms with van der Waals surface area (Å²) in [5, 5.41) is 6.84. The minimum absolute atomic E-state index is 0.0605. The van der Waals surface area contributed by atoms with Gasteiger partial charge in [-0.3, -0.25) is 14.2 Å². The smallest absolute Gasteiger partial charge is 0.350 e. The van der Waals surface area contributed by atoms with Gasteiger partial charge in [0.15, 0.2) is 0 Å². The molecule has 0 spiro atoms. The maximum atomic E-state index is 13.2. The van der Waals surface area contributed by atoms with Crippen LogP contribution in [0.2, 0.25) is 0 Å². The van der Waals surface area contributed by atoms with Crippen LogP contribution in [0.25, 0.3) is 5.69 Å². The van der Waals surface area contributed by atoms with Crippen LogP contribution in [0.3, 0.4) is 0 Å². The second-order valence-electron chi connectivity index (χ2n) is 7.86. The van der Waals surface area contributed by atoms with E-state index < -0.39 is 17.2 Å². The van der Waals surface area contributed by atoms with E-state index in [9.17, 15) is 14.4 Å². The number of aromatic nitrogens is 3. The average molecular weight is 421 g/mol. The lowest BCUT2D eigenvalue weighted by Crippen LogP contribution is -2.46. The van der Waals surface area contributed by atoms with Crippen molar-refractivity contribution in [2.75, 3.05) is 6.54 Å². The van der Waals surface area contributed by atoms with Crippen molar-refractivity contribution in [3.05, 3.63) is 91.8 Å². The molecule has 1 amide bonds. The van der Waals surface area contributed by atoms with Gasteiger partial charge in [0.05, 0.1) is 12.2 Å². The highest BCUT2D eigenvalue weighted by atomic mass is 16.2. The molecule has 0 atom stereocenters. The number of carbonyl (C=O) groups is 1. The lowest BCUT2D eigenvalue weighted by atomic mass is 10.0. The van der Waals surface area contributed by atoms with Gasteiger partial charge in [0, 0.05) is 6.54 Å².